The average molecular weight is 178 g/mol. The fourth-order valence-corrected chi connectivity index (χ4v) is 1.17. The molecular formula is C9H10N2O2. The van der Waals surface area contributed by atoms with E-state index in [9.17, 15) is 0 Å². The minimum Gasteiger partial charge on any atom is -0.491 e. The standard InChI is InChI=1S/C9H10N2O2/c12-3-4-13-7-1-2-8-9(5-7)11-6-10-8/h1-2,5-6,12H,3-4H2,(H,10,11). The number of rotatable bonds is 3. The fourth-order valence-electron chi connectivity index (χ4n) is 1.17. The first-order chi connectivity index (χ1) is 6.40. The lowest BCUT2D eigenvalue weighted by Gasteiger charge is -2.02. The van der Waals surface area contributed by atoms with Gasteiger partial charge in [0.05, 0.1) is 24.0 Å². The molecule has 0 bridgehead atoms. The number of H-pyrrole nitrogens is 1. The lowest BCUT2D eigenvalue weighted by Crippen LogP contribution is -2.01. The van der Waals surface area contributed by atoms with Crippen molar-refractivity contribution in [3.8, 4) is 5.75 Å². The number of ether oxygens (including phenoxy) is 1. The summed E-state index contributed by atoms with van der Waals surface area (Å²) in [6.45, 7) is 0.348. The highest BCUT2D eigenvalue weighted by atomic mass is 16.5. The molecule has 4 heteroatoms. The van der Waals surface area contributed by atoms with Crippen LogP contribution in [0.2, 0.25) is 0 Å². The van der Waals surface area contributed by atoms with Gasteiger partial charge in [-0.15, -0.1) is 0 Å². The van der Waals surface area contributed by atoms with E-state index in [0.29, 0.717) is 6.61 Å². The molecule has 0 spiro atoms. The first kappa shape index (κ1) is 8.07. The van der Waals surface area contributed by atoms with E-state index in [0.717, 1.165) is 16.8 Å². The maximum atomic E-state index is 8.56. The summed E-state index contributed by atoms with van der Waals surface area (Å²) in [5.41, 5.74) is 1.85. The van der Waals surface area contributed by atoms with Crippen molar-refractivity contribution < 1.29 is 9.84 Å². The van der Waals surface area contributed by atoms with Crippen LogP contribution in [-0.2, 0) is 0 Å². The van der Waals surface area contributed by atoms with E-state index in [-0.39, 0.29) is 6.61 Å². The van der Waals surface area contributed by atoms with E-state index in [1.54, 1.807) is 6.33 Å². The summed E-state index contributed by atoms with van der Waals surface area (Å²) in [5.74, 6) is 0.741. The predicted molar refractivity (Wildman–Crippen MR) is 48.7 cm³/mol. The Kier molecular flexibility index (Phi) is 2.14. The van der Waals surface area contributed by atoms with Gasteiger partial charge in [-0.05, 0) is 12.1 Å². The molecule has 0 amide bonds. The third-order valence-electron chi connectivity index (χ3n) is 1.75. The smallest absolute Gasteiger partial charge is 0.121 e. The van der Waals surface area contributed by atoms with Crippen molar-refractivity contribution in [3.63, 3.8) is 0 Å². The molecular weight excluding hydrogens is 168 g/mol. The van der Waals surface area contributed by atoms with Gasteiger partial charge in [0.25, 0.3) is 0 Å². The number of aromatic amines is 1. The summed E-state index contributed by atoms with van der Waals surface area (Å²) < 4.78 is 5.23. The Labute approximate surface area is 75.2 Å². The second-order valence-corrected chi connectivity index (χ2v) is 2.65. The maximum Gasteiger partial charge on any atom is 0.121 e. The summed E-state index contributed by atoms with van der Waals surface area (Å²) in [7, 11) is 0. The number of fused-ring (bicyclic) bond motifs is 1. The summed E-state index contributed by atoms with van der Waals surface area (Å²) in [6, 6.07) is 5.56. The van der Waals surface area contributed by atoms with Gasteiger partial charge in [0.2, 0.25) is 0 Å². The van der Waals surface area contributed by atoms with Crippen LogP contribution in [0.5, 0.6) is 5.75 Å². The Hall–Kier alpha value is -1.55. The topological polar surface area (TPSA) is 58.1 Å². The Morgan fingerprint density at radius 3 is 3.23 bits per heavy atom. The Morgan fingerprint density at radius 2 is 2.38 bits per heavy atom. The second-order valence-electron chi connectivity index (χ2n) is 2.65. The molecule has 0 saturated heterocycles. The van der Waals surface area contributed by atoms with Crippen LogP contribution in [0.3, 0.4) is 0 Å². The van der Waals surface area contributed by atoms with Crippen LogP contribution in [-0.4, -0.2) is 28.3 Å². The zero-order chi connectivity index (χ0) is 9.10. The van der Waals surface area contributed by atoms with Gasteiger partial charge in [-0.3, -0.25) is 0 Å². The van der Waals surface area contributed by atoms with Gasteiger partial charge >= 0.3 is 0 Å². The van der Waals surface area contributed by atoms with Crippen molar-refractivity contribution in [2.75, 3.05) is 13.2 Å². The van der Waals surface area contributed by atoms with Gasteiger partial charge in [0.15, 0.2) is 0 Å². The quantitative estimate of drug-likeness (QED) is 0.735. The molecule has 13 heavy (non-hydrogen) atoms. The van der Waals surface area contributed by atoms with Crippen molar-refractivity contribution >= 4 is 11.0 Å². The van der Waals surface area contributed by atoms with Gasteiger partial charge in [0, 0.05) is 6.07 Å². The normalized spacial score (nSPS) is 10.5. The lowest BCUT2D eigenvalue weighted by atomic mass is 10.3. The number of aliphatic hydroxyl groups is 1. The van der Waals surface area contributed by atoms with Crippen molar-refractivity contribution in [1.29, 1.82) is 0 Å². The van der Waals surface area contributed by atoms with E-state index in [4.69, 9.17) is 9.84 Å². The average Bonchev–Trinajstić information content (AvgIpc) is 2.61. The van der Waals surface area contributed by atoms with E-state index < -0.39 is 0 Å². The van der Waals surface area contributed by atoms with Crippen LogP contribution in [0.15, 0.2) is 24.5 Å². The SMILES string of the molecule is OCCOc1ccc2nc[nH]c2c1. The molecule has 4 nitrogen and oxygen atoms in total. The van der Waals surface area contributed by atoms with Crippen molar-refractivity contribution in [2.24, 2.45) is 0 Å². The fraction of sp³-hybridized carbons (Fsp3) is 0.222. The molecule has 2 aromatic rings. The Balaban J connectivity index is 2.26. The summed E-state index contributed by atoms with van der Waals surface area (Å²) in [6.07, 6.45) is 1.64. The van der Waals surface area contributed by atoms with Crippen molar-refractivity contribution in [3.05, 3.63) is 24.5 Å². The highest BCUT2D eigenvalue weighted by Gasteiger charge is 1.97. The highest BCUT2D eigenvalue weighted by Crippen LogP contribution is 2.17. The highest BCUT2D eigenvalue weighted by molar-refractivity contribution is 5.75. The minimum atomic E-state index is 0.0288. The van der Waals surface area contributed by atoms with Crippen molar-refractivity contribution in [2.45, 2.75) is 0 Å². The third kappa shape index (κ3) is 1.62. The monoisotopic (exact) mass is 178 g/mol. The largest absolute Gasteiger partial charge is 0.491 e. The van der Waals surface area contributed by atoms with E-state index in [1.807, 2.05) is 18.2 Å². The third-order valence-corrected chi connectivity index (χ3v) is 1.75. The van der Waals surface area contributed by atoms with Crippen LogP contribution in [0, 0.1) is 0 Å². The maximum absolute atomic E-state index is 8.56. The number of aromatic nitrogens is 2. The van der Waals surface area contributed by atoms with E-state index in [1.165, 1.54) is 0 Å². The van der Waals surface area contributed by atoms with Crippen molar-refractivity contribution in [1.82, 2.24) is 9.97 Å². The molecule has 0 aliphatic carbocycles. The minimum absolute atomic E-state index is 0.0288. The number of nitrogens with one attached hydrogen (secondary N) is 1. The number of hydrogen-bond acceptors (Lipinski definition) is 3. The van der Waals surface area contributed by atoms with Crippen LogP contribution < -0.4 is 4.74 Å². The number of hydrogen-bond donors (Lipinski definition) is 2. The van der Waals surface area contributed by atoms with Gasteiger partial charge in [-0.25, -0.2) is 4.98 Å². The Morgan fingerprint density at radius 1 is 1.46 bits per heavy atom. The summed E-state index contributed by atoms with van der Waals surface area (Å²) in [5, 5.41) is 8.56. The first-order valence-corrected chi connectivity index (χ1v) is 4.07. The molecule has 2 rings (SSSR count). The molecule has 0 saturated carbocycles. The molecule has 0 fully saturated rings. The van der Waals surface area contributed by atoms with Crippen LogP contribution in [0.4, 0.5) is 0 Å². The molecule has 0 radical (unpaired) electrons. The molecule has 2 N–H and O–H groups in total. The number of imidazole rings is 1. The molecule has 0 unspecified atom stereocenters. The van der Waals surface area contributed by atoms with Gasteiger partial charge in [-0.2, -0.15) is 0 Å². The van der Waals surface area contributed by atoms with Crippen LogP contribution in [0.25, 0.3) is 11.0 Å². The van der Waals surface area contributed by atoms with Crippen LogP contribution >= 0.6 is 0 Å². The molecule has 1 aromatic heterocycles. The lowest BCUT2D eigenvalue weighted by molar-refractivity contribution is 0.201. The number of benzene rings is 1. The van der Waals surface area contributed by atoms with E-state index >= 15 is 0 Å². The van der Waals surface area contributed by atoms with Gasteiger partial charge in [-0.1, -0.05) is 0 Å². The first-order valence-electron chi connectivity index (χ1n) is 4.07. The predicted octanol–water partition coefficient (Wildman–Crippen LogP) is 0.934. The molecule has 1 heterocycles. The van der Waals surface area contributed by atoms with Crippen LogP contribution in [0.1, 0.15) is 0 Å². The molecule has 0 aliphatic rings. The molecule has 0 atom stereocenters. The number of aliphatic hydroxyl groups excluding tert-OH is 1. The zero-order valence-electron chi connectivity index (χ0n) is 7.03. The molecule has 0 aliphatic heterocycles. The Bertz CT molecular complexity index is 397. The second kappa shape index (κ2) is 3.45. The van der Waals surface area contributed by atoms with E-state index in [2.05, 4.69) is 9.97 Å². The molecule has 68 valence electrons. The summed E-state index contributed by atoms with van der Waals surface area (Å²) >= 11 is 0. The number of nitrogens with zero attached hydrogens (tertiary/aromatic N) is 1. The zero-order valence-corrected chi connectivity index (χ0v) is 7.03. The van der Waals surface area contributed by atoms with Gasteiger partial charge in [0.1, 0.15) is 12.4 Å². The molecule has 1 aromatic carbocycles. The van der Waals surface area contributed by atoms with Gasteiger partial charge < -0.3 is 14.8 Å². The summed E-state index contributed by atoms with van der Waals surface area (Å²) in [4.78, 5) is 7.06.